The molecule has 0 aliphatic heterocycles. The molecule has 544 valence electrons. The molecule has 0 heterocycles. The maximum Gasteiger partial charge on any atom is 0.0938 e. The first kappa shape index (κ1) is 83.3. The van der Waals surface area contributed by atoms with Crippen LogP contribution in [0.5, 0.6) is 0 Å². The van der Waals surface area contributed by atoms with Crippen molar-refractivity contribution in [3.8, 4) is 0 Å². The fourth-order valence-corrected chi connectivity index (χ4v) is 16.6. The lowest BCUT2D eigenvalue weighted by molar-refractivity contribution is -0.157. The van der Waals surface area contributed by atoms with E-state index in [0.717, 1.165) is 11.8 Å². The van der Waals surface area contributed by atoms with Crippen LogP contribution in [0.25, 0.3) is 0 Å². The third-order valence-corrected chi connectivity index (χ3v) is 20.5. The van der Waals surface area contributed by atoms with Crippen LogP contribution < -0.4 is 0 Å². The molecule has 4 aromatic carbocycles. The fourth-order valence-electron chi connectivity index (χ4n) is 16.6. The van der Waals surface area contributed by atoms with E-state index in [4.69, 9.17) is 28.4 Å². The molecule has 6 heteroatoms. The molecule has 6 aliphatic rings. The quantitative estimate of drug-likeness (QED) is 0.0990. The first-order chi connectivity index (χ1) is 45.0. The van der Waals surface area contributed by atoms with Gasteiger partial charge in [-0.15, -0.1) is 0 Å². The Morgan fingerprint density at radius 3 is 0.708 bits per heavy atom. The van der Waals surface area contributed by atoms with E-state index in [1.807, 2.05) is 0 Å². The molecule has 6 nitrogen and oxygen atoms in total. The highest BCUT2D eigenvalue weighted by Crippen LogP contribution is 2.48. The van der Waals surface area contributed by atoms with Crippen LogP contribution in [-0.2, 0) is 39.6 Å². The summed E-state index contributed by atoms with van der Waals surface area (Å²) in [5, 5.41) is 0. The van der Waals surface area contributed by atoms with Crippen LogP contribution in [0.2, 0.25) is 0 Å². The van der Waals surface area contributed by atoms with Gasteiger partial charge in [0.05, 0.1) is 69.2 Å². The minimum absolute atomic E-state index is 0.0310. The van der Waals surface area contributed by atoms with Crippen LogP contribution in [-0.4, -0.2) is 45.8 Å². The van der Waals surface area contributed by atoms with E-state index >= 15 is 0 Å². The van der Waals surface area contributed by atoms with E-state index in [0.29, 0.717) is 35.9 Å². The molecular formula is C90H148O6. The van der Waals surface area contributed by atoms with Gasteiger partial charge in [0.1, 0.15) is 0 Å². The van der Waals surface area contributed by atoms with E-state index in [2.05, 4.69) is 274 Å². The first-order valence-corrected chi connectivity index (χ1v) is 39.3. The predicted molar refractivity (Wildman–Crippen MR) is 411 cm³/mol. The van der Waals surface area contributed by atoms with Gasteiger partial charge in [-0.2, -0.15) is 0 Å². The summed E-state index contributed by atoms with van der Waals surface area (Å²) in [6.07, 6.45) is 36.3. The Bertz CT molecular complexity index is 2430. The Morgan fingerprint density at radius 1 is 0.271 bits per heavy atom. The van der Waals surface area contributed by atoms with Gasteiger partial charge in [-0.1, -0.05) is 212 Å². The Kier molecular flexibility index (Phi) is 34.0. The van der Waals surface area contributed by atoms with Gasteiger partial charge in [0, 0.05) is 0 Å². The Morgan fingerprint density at radius 2 is 0.490 bits per heavy atom. The molecule has 6 atom stereocenters. The van der Waals surface area contributed by atoms with Crippen molar-refractivity contribution in [3.05, 3.63) is 144 Å². The van der Waals surface area contributed by atoms with Crippen LogP contribution in [0.4, 0.5) is 0 Å². The first-order valence-electron chi connectivity index (χ1n) is 39.3. The molecule has 6 fully saturated rings. The maximum absolute atomic E-state index is 6.50. The lowest BCUT2D eigenvalue weighted by atomic mass is 9.81. The highest BCUT2D eigenvalue weighted by molar-refractivity contribution is 5.25. The average molecular weight is 1330 g/mol. The van der Waals surface area contributed by atoms with E-state index in [9.17, 15) is 0 Å². The lowest BCUT2D eigenvalue weighted by Gasteiger charge is -2.41. The van der Waals surface area contributed by atoms with Crippen LogP contribution in [0.1, 0.15) is 354 Å². The van der Waals surface area contributed by atoms with Crippen molar-refractivity contribution in [1.82, 2.24) is 0 Å². The number of hydrogen-bond donors (Lipinski definition) is 0. The number of rotatable bonds is 18. The Balaban J connectivity index is 0.000000209. The molecule has 0 radical (unpaired) electrons. The van der Waals surface area contributed by atoms with Crippen LogP contribution in [0.15, 0.2) is 121 Å². The van der Waals surface area contributed by atoms with Crippen molar-refractivity contribution in [2.75, 3.05) is 0 Å². The third kappa shape index (κ3) is 30.5. The van der Waals surface area contributed by atoms with Crippen LogP contribution >= 0.6 is 0 Å². The molecule has 10 rings (SSSR count). The standard InChI is InChI=1S/2C17H26O.2C16H24O.2C12H24O/c2*1-16(2,3)18-17(4,15-12-8-9-13-15)14-10-6-5-7-11-14;2*1-16(2,3)17-15(14-11-7-8-12-14)13-9-5-4-6-10-13;2*1-5-11(13-12(2,3)4)10-8-6-7-9-10/h2*5-7,10-11,15H,8-9,12-13H2,1-4H3;2*4-6,9-10,14-15H,7-8,11-12H2,1-3H3;2*10-11H,5-9H2,1-4H3/t2*17-;2*15-;2*11-/m101010/s1. The van der Waals surface area contributed by atoms with E-state index < -0.39 is 0 Å². The zero-order valence-corrected chi connectivity index (χ0v) is 66.2. The molecule has 0 bridgehead atoms. The highest BCUT2D eigenvalue weighted by atomic mass is 16.5. The van der Waals surface area contributed by atoms with Crippen molar-refractivity contribution < 1.29 is 28.4 Å². The van der Waals surface area contributed by atoms with Crippen LogP contribution in [0, 0.1) is 35.5 Å². The van der Waals surface area contributed by atoms with Crippen molar-refractivity contribution in [2.45, 2.75) is 388 Å². The summed E-state index contributed by atoms with van der Waals surface area (Å²) in [4.78, 5) is 0. The molecule has 0 N–H and O–H groups in total. The summed E-state index contributed by atoms with van der Waals surface area (Å²) in [5.74, 6) is 4.39. The molecule has 0 saturated heterocycles. The second kappa shape index (κ2) is 39.2. The zero-order chi connectivity index (χ0) is 70.9. The zero-order valence-electron chi connectivity index (χ0n) is 66.2. The average Bonchev–Trinajstić information content (AvgIpc) is 1.32. The summed E-state index contributed by atoms with van der Waals surface area (Å²) < 4.78 is 37.7. The van der Waals surface area contributed by atoms with Gasteiger partial charge in [-0.3, -0.25) is 0 Å². The second-order valence-electron chi connectivity index (χ2n) is 36.0. The number of hydrogen-bond acceptors (Lipinski definition) is 6. The van der Waals surface area contributed by atoms with Crippen LogP contribution in [0.3, 0.4) is 0 Å². The van der Waals surface area contributed by atoms with E-state index in [1.165, 1.54) is 189 Å². The summed E-state index contributed by atoms with van der Waals surface area (Å²) in [5.41, 5.74) is 4.77. The summed E-state index contributed by atoms with van der Waals surface area (Å²) in [6, 6.07) is 42.9. The molecule has 4 aromatic rings. The molecule has 96 heavy (non-hydrogen) atoms. The molecule has 0 unspecified atom stereocenters. The topological polar surface area (TPSA) is 55.4 Å². The molecule has 0 spiro atoms. The molecular weight excluding hydrogens is 1180 g/mol. The van der Waals surface area contributed by atoms with Crippen molar-refractivity contribution in [1.29, 1.82) is 0 Å². The Hall–Kier alpha value is -3.36. The summed E-state index contributed by atoms with van der Waals surface area (Å²) in [7, 11) is 0. The molecule has 0 amide bonds. The maximum atomic E-state index is 6.50. The molecule has 6 aliphatic carbocycles. The predicted octanol–water partition coefficient (Wildman–Crippen LogP) is 26.8. The second-order valence-corrected chi connectivity index (χ2v) is 36.0. The fraction of sp³-hybridized carbons (Fsp3) is 0.733. The number of benzene rings is 4. The molecule has 0 aromatic heterocycles. The van der Waals surface area contributed by atoms with Gasteiger partial charge >= 0.3 is 0 Å². The van der Waals surface area contributed by atoms with Gasteiger partial charge < -0.3 is 28.4 Å². The van der Waals surface area contributed by atoms with Gasteiger partial charge in [0.15, 0.2) is 0 Å². The Labute approximate surface area is 592 Å². The lowest BCUT2D eigenvalue weighted by Crippen LogP contribution is -2.40. The van der Waals surface area contributed by atoms with Crippen molar-refractivity contribution >= 4 is 0 Å². The molecule has 6 saturated carbocycles. The minimum atomic E-state index is -0.143. The summed E-state index contributed by atoms with van der Waals surface area (Å²) >= 11 is 0. The highest BCUT2D eigenvalue weighted by Gasteiger charge is 2.43. The summed E-state index contributed by atoms with van der Waals surface area (Å²) in [6.45, 7) is 47.8. The van der Waals surface area contributed by atoms with E-state index in [-0.39, 0.29) is 57.0 Å². The van der Waals surface area contributed by atoms with Gasteiger partial charge in [0.25, 0.3) is 0 Å². The SMILES string of the molecule is CC(C)(C)O[C@@H](c1ccccc1)C1CCCC1.CC(C)(C)O[C@@](C)(c1ccccc1)C1CCCC1.CC(C)(C)O[C@H](c1ccccc1)C1CCCC1.CC(C)(C)O[C@](C)(c1ccccc1)C1CCCC1.CC[C@@H](OC(C)(C)C)C1CCCC1.CC[C@H](OC(C)(C)C)C1CCCC1. The number of ether oxygens (including phenoxy) is 6. The smallest absolute Gasteiger partial charge is 0.0938 e. The van der Waals surface area contributed by atoms with Crippen molar-refractivity contribution in [3.63, 3.8) is 0 Å². The normalized spacial score (nSPS) is 20.7. The largest absolute Gasteiger partial charge is 0.372 e. The van der Waals surface area contributed by atoms with Crippen molar-refractivity contribution in [2.24, 2.45) is 35.5 Å². The monoisotopic (exact) mass is 1330 g/mol. The minimum Gasteiger partial charge on any atom is -0.372 e. The van der Waals surface area contributed by atoms with Gasteiger partial charge in [-0.05, 0) is 286 Å². The van der Waals surface area contributed by atoms with Gasteiger partial charge in [-0.25, -0.2) is 0 Å². The van der Waals surface area contributed by atoms with E-state index in [1.54, 1.807) is 0 Å². The van der Waals surface area contributed by atoms with Gasteiger partial charge in [0.2, 0.25) is 0 Å². The third-order valence-electron chi connectivity index (χ3n) is 20.5.